The molecule has 0 bridgehead atoms. The van der Waals surface area contributed by atoms with E-state index in [-0.39, 0.29) is 24.8 Å². The van der Waals surface area contributed by atoms with Crippen LogP contribution in [0.3, 0.4) is 0 Å². The zero-order valence-corrected chi connectivity index (χ0v) is 13.0. The maximum atomic E-state index is 12.0. The summed E-state index contributed by atoms with van der Waals surface area (Å²) in [5, 5.41) is 16.3. The molecule has 1 atom stereocenters. The van der Waals surface area contributed by atoms with Gasteiger partial charge in [-0.05, 0) is 34.7 Å². The van der Waals surface area contributed by atoms with Gasteiger partial charge in [-0.15, -0.1) is 0 Å². The van der Waals surface area contributed by atoms with Crippen LogP contribution in [0.1, 0.15) is 25.7 Å². The molecule has 0 radical (unpaired) electrons. The minimum atomic E-state index is -0.244. The topological polar surface area (TPSA) is 93.2 Å². The van der Waals surface area contributed by atoms with Crippen LogP contribution < -0.4 is 16.6 Å². The van der Waals surface area contributed by atoms with Crippen LogP contribution in [0.4, 0.5) is 5.69 Å². The standard InChI is InChI=1S/C13H21BrN4O2/c14-12-11(8-16-18(5-6-19)13(12)20)17-10(7-15)9-3-1-2-4-9/h8-10,17,19H,1-7,15H2. The molecule has 1 aromatic heterocycles. The van der Waals surface area contributed by atoms with E-state index in [1.54, 1.807) is 6.20 Å². The molecule has 1 saturated carbocycles. The van der Waals surface area contributed by atoms with Crippen molar-refractivity contribution in [2.75, 3.05) is 18.5 Å². The van der Waals surface area contributed by atoms with E-state index in [2.05, 4.69) is 26.3 Å². The van der Waals surface area contributed by atoms with E-state index >= 15 is 0 Å². The molecule has 1 fully saturated rings. The van der Waals surface area contributed by atoms with Crippen LogP contribution in [0, 0.1) is 5.92 Å². The second kappa shape index (κ2) is 7.19. The Balaban J connectivity index is 2.16. The fourth-order valence-corrected chi connectivity index (χ4v) is 3.17. The van der Waals surface area contributed by atoms with Crippen molar-refractivity contribution < 1.29 is 5.11 Å². The van der Waals surface area contributed by atoms with Gasteiger partial charge in [0.05, 0.1) is 25.0 Å². The van der Waals surface area contributed by atoms with Gasteiger partial charge < -0.3 is 16.2 Å². The Labute approximate surface area is 126 Å². The highest BCUT2D eigenvalue weighted by Gasteiger charge is 2.24. The second-order valence-corrected chi connectivity index (χ2v) is 5.95. The Morgan fingerprint density at radius 2 is 2.25 bits per heavy atom. The maximum Gasteiger partial charge on any atom is 0.283 e. The van der Waals surface area contributed by atoms with E-state index in [1.165, 1.54) is 30.4 Å². The van der Waals surface area contributed by atoms with Gasteiger partial charge in [0.25, 0.3) is 5.56 Å². The Kier molecular flexibility index (Phi) is 5.56. The first-order chi connectivity index (χ1) is 9.67. The summed E-state index contributed by atoms with van der Waals surface area (Å²) in [7, 11) is 0. The molecule has 1 heterocycles. The summed E-state index contributed by atoms with van der Waals surface area (Å²) in [6.07, 6.45) is 6.47. The Bertz CT molecular complexity index is 500. The average molecular weight is 345 g/mol. The lowest BCUT2D eigenvalue weighted by Gasteiger charge is -2.24. The van der Waals surface area contributed by atoms with Crippen LogP contribution in [-0.2, 0) is 6.54 Å². The quantitative estimate of drug-likeness (QED) is 0.713. The predicted molar refractivity (Wildman–Crippen MR) is 81.7 cm³/mol. The number of rotatable bonds is 6. The van der Waals surface area contributed by atoms with Gasteiger partial charge in [-0.3, -0.25) is 4.79 Å². The number of hydrogen-bond acceptors (Lipinski definition) is 5. The first-order valence-corrected chi connectivity index (χ1v) is 7.79. The van der Waals surface area contributed by atoms with Crippen LogP contribution in [0.2, 0.25) is 0 Å². The molecule has 20 heavy (non-hydrogen) atoms. The van der Waals surface area contributed by atoms with Gasteiger partial charge in [-0.2, -0.15) is 5.10 Å². The number of nitrogens with zero attached hydrogens (tertiary/aromatic N) is 2. The Morgan fingerprint density at radius 3 is 2.85 bits per heavy atom. The molecule has 1 unspecified atom stereocenters. The molecule has 112 valence electrons. The van der Waals surface area contributed by atoms with Crippen molar-refractivity contribution in [1.29, 1.82) is 0 Å². The highest BCUT2D eigenvalue weighted by Crippen LogP contribution is 2.29. The van der Waals surface area contributed by atoms with Crippen molar-refractivity contribution in [3.05, 3.63) is 21.0 Å². The molecule has 2 rings (SSSR count). The van der Waals surface area contributed by atoms with Crippen LogP contribution in [-0.4, -0.2) is 34.1 Å². The summed E-state index contributed by atoms with van der Waals surface area (Å²) in [4.78, 5) is 12.0. The summed E-state index contributed by atoms with van der Waals surface area (Å²) >= 11 is 3.31. The lowest BCUT2D eigenvalue weighted by atomic mass is 9.98. The van der Waals surface area contributed by atoms with E-state index < -0.39 is 0 Å². The van der Waals surface area contributed by atoms with Gasteiger partial charge in [0.15, 0.2) is 0 Å². The van der Waals surface area contributed by atoms with E-state index in [4.69, 9.17) is 10.8 Å². The van der Waals surface area contributed by atoms with Gasteiger partial charge in [0.2, 0.25) is 0 Å². The maximum absolute atomic E-state index is 12.0. The summed E-state index contributed by atoms with van der Waals surface area (Å²) < 4.78 is 1.68. The van der Waals surface area contributed by atoms with Crippen molar-refractivity contribution >= 4 is 21.6 Å². The van der Waals surface area contributed by atoms with E-state index in [0.29, 0.717) is 22.6 Å². The highest BCUT2D eigenvalue weighted by atomic mass is 79.9. The van der Waals surface area contributed by atoms with E-state index in [0.717, 1.165) is 0 Å². The fourth-order valence-electron chi connectivity index (χ4n) is 2.75. The summed E-state index contributed by atoms with van der Waals surface area (Å²) in [5.41, 5.74) is 6.28. The van der Waals surface area contributed by atoms with Gasteiger partial charge in [0, 0.05) is 12.6 Å². The monoisotopic (exact) mass is 344 g/mol. The molecule has 7 heteroatoms. The first kappa shape index (κ1) is 15.5. The number of hydrogen-bond donors (Lipinski definition) is 3. The van der Waals surface area contributed by atoms with Crippen LogP contribution in [0.5, 0.6) is 0 Å². The number of halogens is 1. The number of nitrogens with one attached hydrogen (secondary N) is 1. The van der Waals surface area contributed by atoms with Gasteiger partial charge in [-0.25, -0.2) is 4.68 Å². The van der Waals surface area contributed by atoms with Crippen molar-refractivity contribution in [1.82, 2.24) is 9.78 Å². The summed E-state index contributed by atoms with van der Waals surface area (Å²) in [5.74, 6) is 0.562. The number of nitrogens with two attached hydrogens (primary N) is 1. The number of aromatic nitrogens is 2. The molecule has 6 nitrogen and oxygen atoms in total. The average Bonchev–Trinajstić information content (AvgIpc) is 2.97. The Hall–Kier alpha value is -0.920. The normalized spacial score (nSPS) is 17.4. The minimum absolute atomic E-state index is 0.111. The fraction of sp³-hybridized carbons (Fsp3) is 0.692. The lowest BCUT2D eigenvalue weighted by molar-refractivity contribution is 0.266. The second-order valence-electron chi connectivity index (χ2n) is 5.16. The van der Waals surface area contributed by atoms with Crippen LogP contribution >= 0.6 is 15.9 Å². The third kappa shape index (κ3) is 3.39. The molecule has 1 aliphatic carbocycles. The summed E-state index contributed by atoms with van der Waals surface area (Å²) in [6.45, 7) is 0.622. The predicted octanol–water partition coefficient (Wildman–Crippen LogP) is 0.927. The molecule has 0 aromatic carbocycles. The molecule has 1 aliphatic rings. The number of anilines is 1. The van der Waals surface area contributed by atoms with Gasteiger partial charge in [0.1, 0.15) is 4.47 Å². The molecule has 4 N–H and O–H groups in total. The SMILES string of the molecule is NCC(Nc1cnn(CCO)c(=O)c1Br)C1CCCC1. The van der Waals surface area contributed by atoms with Crippen molar-refractivity contribution in [3.8, 4) is 0 Å². The molecule has 0 aliphatic heterocycles. The van der Waals surface area contributed by atoms with Crippen molar-refractivity contribution in [2.45, 2.75) is 38.3 Å². The Morgan fingerprint density at radius 1 is 1.55 bits per heavy atom. The van der Waals surface area contributed by atoms with Crippen molar-refractivity contribution in [2.24, 2.45) is 11.7 Å². The number of aliphatic hydroxyl groups is 1. The molecular formula is C13H21BrN4O2. The molecule has 0 saturated heterocycles. The molecular weight excluding hydrogens is 324 g/mol. The van der Waals surface area contributed by atoms with Crippen LogP contribution in [0.15, 0.2) is 15.5 Å². The molecule has 0 spiro atoms. The molecule has 1 aromatic rings. The molecule has 0 amide bonds. The number of aliphatic hydroxyl groups excluding tert-OH is 1. The summed E-state index contributed by atoms with van der Waals surface area (Å²) in [6, 6.07) is 0.170. The van der Waals surface area contributed by atoms with Gasteiger partial charge in [-0.1, -0.05) is 12.8 Å². The smallest absolute Gasteiger partial charge is 0.283 e. The van der Waals surface area contributed by atoms with E-state index in [9.17, 15) is 4.79 Å². The van der Waals surface area contributed by atoms with Crippen LogP contribution in [0.25, 0.3) is 0 Å². The largest absolute Gasteiger partial charge is 0.394 e. The zero-order chi connectivity index (χ0) is 14.5. The third-order valence-corrected chi connectivity index (χ3v) is 4.63. The zero-order valence-electron chi connectivity index (χ0n) is 11.4. The van der Waals surface area contributed by atoms with E-state index in [1.807, 2.05) is 0 Å². The minimum Gasteiger partial charge on any atom is -0.394 e. The van der Waals surface area contributed by atoms with Crippen molar-refractivity contribution in [3.63, 3.8) is 0 Å². The first-order valence-electron chi connectivity index (χ1n) is 7.00. The third-order valence-electron chi connectivity index (χ3n) is 3.86. The van der Waals surface area contributed by atoms with Gasteiger partial charge >= 0.3 is 0 Å². The highest BCUT2D eigenvalue weighted by molar-refractivity contribution is 9.10. The lowest BCUT2D eigenvalue weighted by Crippen LogP contribution is -2.36.